The summed E-state index contributed by atoms with van der Waals surface area (Å²) < 4.78 is 0. The molecule has 3 rings (SSSR count). The zero-order valence-corrected chi connectivity index (χ0v) is 17.6. The molecule has 0 amide bonds. The number of aromatic nitrogens is 1. The third-order valence-corrected chi connectivity index (χ3v) is 4.94. The van der Waals surface area contributed by atoms with E-state index in [9.17, 15) is 0 Å². The van der Waals surface area contributed by atoms with Crippen LogP contribution in [0.2, 0.25) is 0 Å². The lowest BCUT2D eigenvalue weighted by Crippen LogP contribution is -2.43. The van der Waals surface area contributed by atoms with E-state index in [1.54, 1.807) is 0 Å². The SMILES string of the molecule is CCNC(=NCCc1ccncc1C)N1CCC(N2CC=CC2)C1.I. The summed E-state index contributed by atoms with van der Waals surface area (Å²) in [4.78, 5) is 14.0. The molecule has 2 aliphatic heterocycles. The van der Waals surface area contributed by atoms with Crippen LogP contribution in [0.3, 0.4) is 0 Å². The number of hydrogen-bond acceptors (Lipinski definition) is 3. The molecule has 1 saturated heterocycles. The van der Waals surface area contributed by atoms with Gasteiger partial charge >= 0.3 is 0 Å². The van der Waals surface area contributed by atoms with E-state index in [0.29, 0.717) is 6.04 Å². The lowest BCUT2D eigenvalue weighted by atomic mass is 10.1. The first-order valence-electron chi connectivity index (χ1n) is 9.09. The van der Waals surface area contributed by atoms with Crippen molar-refractivity contribution >= 4 is 29.9 Å². The first kappa shape index (κ1) is 20.2. The average molecular weight is 455 g/mol. The minimum Gasteiger partial charge on any atom is -0.357 e. The van der Waals surface area contributed by atoms with Crippen molar-refractivity contribution in [2.75, 3.05) is 39.3 Å². The van der Waals surface area contributed by atoms with Crippen LogP contribution in [-0.4, -0.2) is 66.1 Å². The summed E-state index contributed by atoms with van der Waals surface area (Å²) in [5.41, 5.74) is 2.59. The van der Waals surface area contributed by atoms with Crippen molar-refractivity contribution in [1.29, 1.82) is 0 Å². The summed E-state index contributed by atoms with van der Waals surface area (Å²) >= 11 is 0. The first-order valence-corrected chi connectivity index (χ1v) is 9.09. The van der Waals surface area contributed by atoms with Gasteiger partial charge in [-0.25, -0.2) is 0 Å². The van der Waals surface area contributed by atoms with Crippen LogP contribution in [-0.2, 0) is 6.42 Å². The second-order valence-electron chi connectivity index (χ2n) is 6.60. The lowest BCUT2D eigenvalue weighted by molar-refractivity contribution is 0.259. The van der Waals surface area contributed by atoms with E-state index in [2.05, 4.69) is 52.2 Å². The van der Waals surface area contributed by atoms with Crippen LogP contribution in [0, 0.1) is 6.92 Å². The number of pyridine rings is 1. The predicted molar refractivity (Wildman–Crippen MR) is 115 cm³/mol. The summed E-state index contributed by atoms with van der Waals surface area (Å²) in [6.45, 7) is 10.4. The molecule has 1 atom stereocenters. The molecule has 5 nitrogen and oxygen atoms in total. The summed E-state index contributed by atoms with van der Waals surface area (Å²) in [6, 6.07) is 2.76. The van der Waals surface area contributed by atoms with E-state index in [0.717, 1.165) is 51.6 Å². The van der Waals surface area contributed by atoms with Crippen molar-refractivity contribution in [3.05, 3.63) is 41.7 Å². The zero-order valence-electron chi connectivity index (χ0n) is 15.3. The minimum absolute atomic E-state index is 0. The molecule has 0 saturated carbocycles. The van der Waals surface area contributed by atoms with Gasteiger partial charge < -0.3 is 10.2 Å². The number of halogens is 1. The van der Waals surface area contributed by atoms with Crippen molar-refractivity contribution in [2.45, 2.75) is 32.7 Å². The van der Waals surface area contributed by atoms with Gasteiger partial charge in [-0.15, -0.1) is 24.0 Å². The van der Waals surface area contributed by atoms with Crippen LogP contribution in [0.4, 0.5) is 0 Å². The Kier molecular flexibility index (Phi) is 8.15. The Morgan fingerprint density at radius 3 is 2.88 bits per heavy atom. The van der Waals surface area contributed by atoms with Crippen molar-refractivity contribution in [1.82, 2.24) is 20.1 Å². The molecule has 138 valence electrons. The molecule has 3 heterocycles. The van der Waals surface area contributed by atoms with Crippen LogP contribution in [0.15, 0.2) is 35.6 Å². The Hall–Kier alpha value is -1.15. The fourth-order valence-corrected chi connectivity index (χ4v) is 3.52. The van der Waals surface area contributed by atoms with E-state index in [-0.39, 0.29) is 24.0 Å². The Morgan fingerprint density at radius 2 is 2.16 bits per heavy atom. The van der Waals surface area contributed by atoms with E-state index >= 15 is 0 Å². The van der Waals surface area contributed by atoms with E-state index in [1.807, 2.05) is 12.4 Å². The minimum atomic E-state index is 0. The molecule has 1 aromatic rings. The molecule has 6 heteroatoms. The molecule has 0 bridgehead atoms. The van der Waals surface area contributed by atoms with Gasteiger partial charge in [0.15, 0.2) is 5.96 Å². The second-order valence-corrected chi connectivity index (χ2v) is 6.60. The van der Waals surface area contributed by atoms with Gasteiger partial charge in [-0.05, 0) is 43.9 Å². The maximum atomic E-state index is 4.87. The lowest BCUT2D eigenvalue weighted by Gasteiger charge is -2.25. The van der Waals surface area contributed by atoms with Crippen LogP contribution in [0.25, 0.3) is 0 Å². The van der Waals surface area contributed by atoms with Gasteiger partial charge in [-0.2, -0.15) is 0 Å². The highest BCUT2D eigenvalue weighted by Crippen LogP contribution is 2.18. The standard InChI is InChI=1S/C19H29N5.HI/c1-3-21-19(22-10-7-17-6-9-20-14-16(17)2)24-13-8-18(15-24)23-11-4-5-12-23;/h4-6,9,14,18H,3,7-8,10-13,15H2,1-2H3,(H,21,22);1H. The fraction of sp³-hybridized carbons (Fsp3) is 0.579. The number of rotatable bonds is 5. The molecule has 0 aliphatic carbocycles. The molecule has 0 aromatic carbocycles. The molecule has 25 heavy (non-hydrogen) atoms. The number of guanidine groups is 1. The number of likely N-dealkylation sites (tertiary alicyclic amines) is 1. The van der Waals surface area contributed by atoms with Crippen molar-refractivity contribution in [3.63, 3.8) is 0 Å². The number of nitrogens with one attached hydrogen (secondary N) is 1. The number of hydrogen-bond donors (Lipinski definition) is 1. The smallest absolute Gasteiger partial charge is 0.193 e. The maximum Gasteiger partial charge on any atom is 0.193 e. The highest BCUT2D eigenvalue weighted by Gasteiger charge is 2.29. The molecular weight excluding hydrogens is 425 g/mol. The summed E-state index contributed by atoms with van der Waals surface area (Å²) in [5, 5.41) is 3.47. The van der Waals surface area contributed by atoms with Crippen molar-refractivity contribution < 1.29 is 0 Å². The molecule has 1 fully saturated rings. The highest BCUT2D eigenvalue weighted by atomic mass is 127. The van der Waals surface area contributed by atoms with Gasteiger partial charge in [0.1, 0.15) is 0 Å². The van der Waals surface area contributed by atoms with Gasteiger partial charge in [0.05, 0.1) is 0 Å². The summed E-state index contributed by atoms with van der Waals surface area (Å²) in [7, 11) is 0. The highest BCUT2D eigenvalue weighted by molar-refractivity contribution is 14.0. The monoisotopic (exact) mass is 455 g/mol. The molecule has 1 aromatic heterocycles. The Bertz CT molecular complexity index is 593. The summed E-state index contributed by atoms with van der Waals surface area (Å²) in [5.74, 6) is 1.07. The van der Waals surface area contributed by atoms with E-state index in [4.69, 9.17) is 4.99 Å². The molecule has 0 spiro atoms. The van der Waals surface area contributed by atoms with Gasteiger partial charge in [0, 0.05) is 57.7 Å². The van der Waals surface area contributed by atoms with Gasteiger partial charge in [0.2, 0.25) is 0 Å². The largest absolute Gasteiger partial charge is 0.357 e. The van der Waals surface area contributed by atoms with Crippen LogP contribution >= 0.6 is 24.0 Å². The van der Waals surface area contributed by atoms with E-state index < -0.39 is 0 Å². The molecule has 2 aliphatic rings. The maximum absolute atomic E-state index is 4.87. The van der Waals surface area contributed by atoms with Gasteiger partial charge in [-0.1, -0.05) is 12.2 Å². The van der Waals surface area contributed by atoms with Crippen molar-refractivity contribution in [3.8, 4) is 0 Å². The Balaban J connectivity index is 0.00000225. The zero-order chi connectivity index (χ0) is 16.8. The van der Waals surface area contributed by atoms with Crippen LogP contribution < -0.4 is 5.32 Å². The molecule has 0 radical (unpaired) electrons. The number of aryl methyl sites for hydroxylation is 1. The Morgan fingerprint density at radius 1 is 1.36 bits per heavy atom. The second kappa shape index (κ2) is 10.1. The van der Waals surface area contributed by atoms with Gasteiger partial charge in [-0.3, -0.25) is 14.9 Å². The fourth-order valence-electron chi connectivity index (χ4n) is 3.52. The normalized spacial score (nSPS) is 20.8. The van der Waals surface area contributed by atoms with Gasteiger partial charge in [0.25, 0.3) is 0 Å². The molecular formula is C19H30IN5. The number of aliphatic imine (C=N–C) groups is 1. The predicted octanol–water partition coefficient (Wildman–Crippen LogP) is 2.46. The number of nitrogens with zero attached hydrogens (tertiary/aromatic N) is 4. The first-order chi connectivity index (χ1) is 11.8. The molecule has 1 N–H and O–H groups in total. The summed E-state index contributed by atoms with van der Waals surface area (Å²) in [6.07, 6.45) is 10.6. The average Bonchev–Trinajstić information content (AvgIpc) is 3.27. The van der Waals surface area contributed by atoms with Crippen LogP contribution in [0.5, 0.6) is 0 Å². The molecule has 1 unspecified atom stereocenters. The Labute approximate surface area is 168 Å². The van der Waals surface area contributed by atoms with E-state index in [1.165, 1.54) is 17.5 Å². The third kappa shape index (κ3) is 5.41. The quantitative estimate of drug-likeness (QED) is 0.321. The van der Waals surface area contributed by atoms with Crippen LogP contribution in [0.1, 0.15) is 24.5 Å². The van der Waals surface area contributed by atoms with Crippen molar-refractivity contribution in [2.24, 2.45) is 4.99 Å². The third-order valence-electron chi connectivity index (χ3n) is 4.94. The topological polar surface area (TPSA) is 43.8 Å².